The summed E-state index contributed by atoms with van der Waals surface area (Å²) in [5, 5.41) is 4.38. The predicted molar refractivity (Wildman–Crippen MR) is 79.6 cm³/mol. The van der Waals surface area contributed by atoms with E-state index in [4.69, 9.17) is 0 Å². The maximum Gasteiger partial charge on any atom is 0.0370 e. The molecule has 0 bridgehead atoms. The Balaban J connectivity index is 2.39. The zero-order valence-electron chi connectivity index (χ0n) is 10.8. The van der Waals surface area contributed by atoms with Crippen LogP contribution in [0.4, 0.5) is 0 Å². The largest absolute Gasteiger partial charge is 0.307 e. The lowest BCUT2D eigenvalue weighted by atomic mass is 9.91. The lowest BCUT2D eigenvalue weighted by Crippen LogP contribution is -2.38. The van der Waals surface area contributed by atoms with Crippen molar-refractivity contribution in [2.24, 2.45) is 5.92 Å². The number of rotatable bonds is 2. The molecule has 0 radical (unpaired) electrons. The summed E-state index contributed by atoms with van der Waals surface area (Å²) in [7, 11) is 0. The fourth-order valence-electron chi connectivity index (χ4n) is 2.33. The standard InChI is InChI=1S/C14H20BrNS/c1-8(2)16-14-9(3)10(4)17-13-6-5-11(15)7-12(13)14/h5-10,14,16H,1-4H3. The molecule has 0 saturated heterocycles. The summed E-state index contributed by atoms with van der Waals surface area (Å²) in [6.07, 6.45) is 0. The van der Waals surface area contributed by atoms with Crippen LogP contribution in [0.2, 0.25) is 0 Å². The van der Waals surface area contributed by atoms with Crippen LogP contribution in [-0.4, -0.2) is 11.3 Å². The fraction of sp³-hybridized carbons (Fsp3) is 0.571. The summed E-state index contributed by atoms with van der Waals surface area (Å²) in [4.78, 5) is 1.43. The van der Waals surface area contributed by atoms with Crippen molar-refractivity contribution in [3.63, 3.8) is 0 Å². The highest BCUT2D eigenvalue weighted by atomic mass is 79.9. The number of hydrogen-bond donors (Lipinski definition) is 1. The minimum absolute atomic E-state index is 0.471. The number of fused-ring (bicyclic) bond motifs is 1. The van der Waals surface area contributed by atoms with E-state index in [9.17, 15) is 0 Å². The van der Waals surface area contributed by atoms with E-state index in [1.54, 1.807) is 0 Å². The fourth-order valence-corrected chi connectivity index (χ4v) is 3.95. The molecule has 0 aromatic heterocycles. The zero-order chi connectivity index (χ0) is 12.6. The Morgan fingerprint density at radius 2 is 2.00 bits per heavy atom. The van der Waals surface area contributed by atoms with Gasteiger partial charge in [0.25, 0.3) is 0 Å². The molecule has 2 rings (SSSR count). The van der Waals surface area contributed by atoms with E-state index in [1.807, 2.05) is 11.8 Å². The smallest absolute Gasteiger partial charge is 0.0370 e. The van der Waals surface area contributed by atoms with Crippen LogP contribution in [0.15, 0.2) is 27.6 Å². The molecule has 1 aliphatic rings. The molecule has 94 valence electrons. The van der Waals surface area contributed by atoms with E-state index < -0.39 is 0 Å². The van der Waals surface area contributed by atoms with Crippen molar-refractivity contribution < 1.29 is 0 Å². The second-order valence-electron chi connectivity index (χ2n) is 5.16. The normalized spacial score (nSPS) is 28.2. The van der Waals surface area contributed by atoms with Crippen molar-refractivity contribution in [2.75, 3.05) is 0 Å². The van der Waals surface area contributed by atoms with Gasteiger partial charge in [-0.15, -0.1) is 11.8 Å². The maximum absolute atomic E-state index is 3.71. The van der Waals surface area contributed by atoms with Gasteiger partial charge in [0.05, 0.1) is 0 Å². The summed E-state index contributed by atoms with van der Waals surface area (Å²) in [6, 6.07) is 7.64. The van der Waals surface area contributed by atoms with Crippen LogP contribution in [-0.2, 0) is 0 Å². The van der Waals surface area contributed by atoms with E-state index in [1.165, 1.54) is 14.9 Å². The Kier molecular flexibility index (Phi) is 4.22. The summed E-state index contributed by atoms with van der Waals surface area (Å²) >= 11 is 5.58. The number of thioether (sulfide) groups is 1. The van der Waals surface area contributed by atoms with Gasteiger partial charge in [0.1, 0.15) is 0 Å². The van der Waals surface area contributed by atoms with Crippen molar-refractivity contribution in [2.45, 2.75) is 49.9 Å². The van der Waals surface area contributed by atoms with E-state index in [0.29, 0.717) is 23.3 Å². The zero-order valence-corrected chi connectivity index (χ0v) is 13.2. The van der Waals surface area contributed by atoms with Crippen LogP contribution < -0.4 is 5.32 Å². The molecule has 1 aromatic rings. The predicted octanol–water partition coefficient (Wildman–Crippen LogP) is 4.62. The molecule has 1 N–H and O–H groups in total. The topological polar surface area (TPSA) is 12.0 Å². The first-order valence-corrected chi connectivity index (χ1v) is 7.88. The van der Waals surface area contributed by atoms with Gasteiger partial charge in [-0.2, -0.15) is 0 Å². The van der Waals surface area contributed by atoms with E-state index in [2.05, 4.69) is 67.1 Å². The molecule has 1 aromatic carbocycles. The van der Waals surface area contributed by atoms with Crippen LogP contribution in [0.1, 0.15) is 39.3 Å². The highest BCUT2D eigenvalue weighted by Crippen LogP contribution is 2.45. The molecule has 0 saturated carbocycles. The van der Waals surface area contributed by atoms with E-state index in [0.717, 1.165) is 0 Å². The molecular weight excluding hydrogens is 294 g/mol. The third-order valence-electron chi connectivity index (χ3n) is 3.40. The van der Waals surface area contributed by atoms with Gasteiger partial charge in [-0.05, 0) is 29.7 Å². The van der Waals surface area contributed by atoms with Crippen molar-refractivity contribution in [1.82, 2.24) is 5.32 Å². The Bertz CT molecular complexity index is 405. The quantitative estimate of drug-likeness (QED) is 0.855. The van der Waals surface area contributed by atoms with Crippen LogP contribution in [0.3, 0.4) is 0 Å². The second kappa shape index (κ2) is 5.33. The van der Waals surface area contributed by atoms with Gasteiger partial charge < -0.3 is 5.32 Å². The van der Waals surface area contributed by atoms with Crippen LogP contribution in [0, 0.1) is 5.92 Å². The summed E-state index contributed by atoms with van der Waals surface area (Å²) in [5.74, 6) is 0.657. The van der Waals surface area contributed by atoms with E-state index >= 15 is 0 Å². The maximum atomic E-state index is 3.71. The Hall–Kier alpha value is 0.01000. The lowest BCUT2D eigenvalue weighted by Gasteiger charge is -2.37. The van der Waals surface area contributed by atoms with Crippen LogP contribution in [0.5, 0.6) is 0 Å². The van der Waals surface area contributed by atoms with Gasteiger partial charge in [0.2, 0.25) is 0 Å². The molecule has 0 fully saturated rings. The summed E-state index contributed by atoms with van der Waals surface area (Å²) in [5.41, 5.74) is 1.45. The first-order valence-electron chi connectivity index (χ1n) is 6.21. The van der Waals surface area contributed by atoms with Gasteiger partial charge in [0.15, 0.2) is 0 Å². The molecule has 3 atom stereocenters. The second-order valence-corrected chi connectivity index (χ2v) is 7.50. The van der Waals surface area contributed by atoms with E-state index in [-0.39, 0.29) is 0 Å². The molecule has 0 spiro atoms. The van der Waals surface area contributed by atoms with Crippen molar-refractivity contribution >= 4 is 27.7 Å². The molecule has 0 amide bonds. The van der Waals surface area contributed by atoms with Gasteiger partial charge in [-0.1, -0.05) is 43.6 Å². The summed E-state index contributed by atoms with van der Waals surface area (Å²) in [6.45, 7) is 9.12. The van der Waals surface area contributed by atoms with Gasteiger partial charge in [-0.3, -0.25) is 0 Å². The molecule has 3 heteroatoms. The molecule has 1 heterocycles. The molecule has 3 unspecified atom stereocenters. The van der Waals surface area contributed by atoms with Crippen molar-refractivity contribution in [3.8, 4) is 0 Å². The van der Waals surface area contributed by atoms with Gasteiger partial charge in [-0.25, -0.2) is 0 Å². The average Bonchev–Trinajstić information content (AvgIpc) is 2.25. The Morgan fingerprint density at radius 3 is 2.65 bits per heavy atom. The number of benzene rings is 1. The summed E-state index contributed by atoms with van der Waals surface area (Å²) < 4.78 is 1.18. The molecular formula is C14H20BrNS. The number of nitrogens with one attached hydrogen (secondary N) is 1. The van der Waals surface area contributed by atoms with Gasteiger partial charge in [0, 0.05) is 26.7 Å². The molecule has 17 heavy (non-hydrogen) atoms. The van der Waals surface area contributed by atoms with Gasteiger partial charge >= 0.3 is 0 Å². The Morgan fingerprint density at radius 1 is 1.29 bits per heavy atom. The highest BCUT2D eigenvalue weighted by Gasteiger charge is 2.32. The average molecular weight is 314 g/mol. The molecule has 1 nitrogen and oxygen atoms in total. The SMILES string of the molecule is CC(C)NC1c2cc(Br)ccc2SC(C)C1C. The first-order chi connectivity index (χ1) is 7.99. The minimum atomic E-state index is 0.471. The highest BCUT2D eigenvalue weighted by molar-refractivity contribution is 9.10. The third kappa shape index (κ3) is 2.88. The third-order valence-corrected chi connectivity index (χ3v) is 5.32. The minimum Gasteiger partial charge on any atom is -0.307 e. The monoisotopic (exact) mass is 313 g/mol. The van der Waals surface area contributed by atoms with Crippen LogP contribution in [0.25, 0.3) is 0 Å². The van der Waals surface area contributed by atoms with Crippen molar-refractivity contribution in [3.05, 3.63) is 28.2 Å². The Labute approximate surface area is 117 Å². The molecule has 1 aliphatic heterocycles. The number of hydrogen-bond acceptors (Lipinski definition) is 2. The number of halogens is 1. The van der Waals surface area contributed by atoms with Crippen molar-refractivity contribution in [1.29, 1.82) is 0 Å². The van der Waals surface area contributed by atoms with Crippen LogP contribution >= 0.6 is 27.7 Å². The lowest BCUT2D eigenvalue weighted by molar-refractivity contribution is 0.348. The first kappa shape index (κ1) is 13.4. The molecule has 0 aliphatic carbocycles.